The molecule has 0 unspecified atom stereocenters. The highest BCUT2D eigenvalue weighted by molar-refractivity contribution is 6.36. The molecule has 40 heavy (non-hydrogen) atoms. The van der Waals surface area contributed by atoms with Crippen LogP contribution in [-0.2, 0) is 14.0 Å². The molecule has 0 heterocycles. The fraction of sp³-hybridized carbons (Fsp3) is 0.500. The second kappa shape index (κ2) is 14.0. The molecule has 6 rings (SSSR count). The second-order valence-corrected chi connectivity index (χ2v) is 12.2. The van der Waals surface area contributed by atoms with E-state index < -0.39 is 7.32 Å². The summed E-state index contributed by atoms with van der Waals surface area (Å²) >= 11 is 0. The Bertz CT molecular complexity index is 994. The Hall–Kier alpha value is -2.40. The monoisotopic (exact) mass is 536 g/mol. The molecule has 0 spiro atoms. The Morgan fingerprint density at radius 3 is 0.950 bits per heavy atom. The van der Waals surface area contributed by atoms with Gasteiger partial charge in [-0.05, 0) is 55.2 Å². The topological polar surface area (TPSA) is 27.7 Å². The van der Waals surface area contributed by atoms with Crippen molar-refractivity contribution in [1.82, 2.24) is 0 Å². The van der Waals surface area contributed by atoms with E-state index in [2.05, 4.69) is 91.0 Å². The Labute approximate surface area is 241 Å². The molecule has 4 heteroatoms. The molecule has 3 fully saturated rings. The van der Waals surface area contributed by atoms with E-state index in [1.807, 2.05) is 0 Å². The number of benzene rings is 3. The van der Waals surface area contributed by atoms with Crippen LogP contribution >= 0.6 is 0 Å². The molecule has 3 saturated carbocycles. The van der Waals surface area contributed by atoms with Crippen molar-refractivity contribution in [2.75, 3.05) is 0 Å². The summed E-state index contributed by atoms with van der Waals surface area (Å²) < 4.78 is 21.0. The summed E-state index contributed by atoms with van der Waals surface area (Å²) in [5, 5.41) is 0. The van der Waals surface area contributed by atoms with Gasteiger partial charge in [-0.25, -0.2) is 0 Å². The van der Waals surface area contributed by atoms with Gasteiger partial charge < -0.3 is 14.0 Å². The van der Waals surface area contributed by atoms with Gasteiger partial charge in [0.15, 0.2) is 0 Å². The number of rotatable bonds is 9. The van der Waals surface area contributed by atoms with E-state index in [9.17, 15) is 0 Å². The molecule has 0 saturated heterocycles. The first-order chi connectivity index (χ1) is 19.8. The fourth-order valence-electron chi connectivity index (χ4n) is 7.55. The zero-order valence-corrected chi connectivity index (χ0v) is 23.9. The highest BCUT2D eigenvalue weighted by Gasteiger charge is 2.41. The highest BCUT2D eigenvalue weighted by atomic mass is 16.7. The predicted octanol–water partition coefficient (Wildman–Crippen LogP) is 9.20. The van der Waals surface area contributed by atoms with Crippen molar-refractivity contribution in [1.29, 1.82) is 0 Å². The van der Waals surface area contributed by atoms with Crippen molar-refractivity contribution in [2.45, 2.75) is 113 Å². The summed E-state index contributed by atoms with van der Waals surface area (Å²) in [6.45, 7) is 0. The fourth-order valence-corrected chi connectivity index (χ4v) is 7.55. The lowest BCUT2D eigenvalue weighted by Crippen LogP contribution is -2.44. The van der Waals surface area contributed by atoms with Crippen molar-refractivity contribution in [2.24, 2.45) is 0 Å². The van der Waals surface area contributed by atoms with Crippen LogP contribution in [-0.4, -0.2) is 25.6 Å². The molecule has 6 atom stereocenters. The van der Waals surface area contributed by atoms with Gasteiger partial charge >= 0.3 is 7.32 Å². The zero-order valence-electron chi connectivity index (χ0n) is 23.9. The Morgan fingerprint density at radius 1 is 0.375 bits per heavy atom. The van der Waals surface area contributed by atoms with E-state index in [0.29, 0.717) is 17.8 Å². The van der Waals surface area contributed by atoms with Gasteiger partial charge in [-0.15, -0.1) is 0 Å². The zero-order chi connectivity index (χ0) is 27.0. The minimum absolute atomic E-state index is 0.110. The first-order valence-corrected chi connectivity index (χ1v) is 16.0. The van der Waals surface area contributed by atoms with Gasteiger partial charge in [-0.2, -0.15) is 0 Å². The molecule has 3 aromatic carbocycles. The van der Waals surface area contributed by atoms with Crippen molar-refractivity contribution < 1.29 is 14.0 Å². The first-order valence-electron chi connectivity index (χ1n) is 16.0. The van der Waals surface area contributed by atoms with Crippen LogP contribution in [0.4, 0.5) is 0 Å². The van der Waals surface area contributed by atoms with Crippen molar-refractivity contribution in [3.63, 3.8) is 0 Å². The average molecular weight is 537 g/mol. The normalized spacial score (nSPS) is 29.1. The lowest BCUT2D eigenvalue weighted by Gasteiger charge is -2.39. The van der Waals surface area contributed by atoms with E-state index in [-0.39, 0.29) is 18.3 Å². The average Bonchev–Trinajstić information content (AvgIpc) is 3.03. The third-order valence-electron chi connectivity index (χ3n) is 9.65. The van der Waals surface area contributed by atoms with E-state index in [4.69, 9.17) is 14.0 Å². The van der Waals surface area contributed by atoms with Crippen LogP contribution in [0.1, 0.15) is 111 Å². The van der Waals surface area contributed by atoms with Crippen molar-refractivity contribution >= 4 is 7.32 Å². The SMILES string of the molecule is c1ccc([C@@H]2CCCC[C@H]2OB(O[C@@H]2CCCC[C@H]2c2ccccc2)O[C@@H]2CCCC[C@H]2c2ccccc2)cc1. The van der Waals surface area contributed by atoms with Crippen LogP contribution in [0.15, 0.2) is 91.0 Å². The lowest BCUT2D eigenvalue weighted by atomic mass is 9.79. The standard InChI is InChI=1S/C36H45BO3/c1-4-16-28(17-5-1)31-22-10-13-25-34(31)38-37(39-35-26-14-11-23-32(35)29-18-6-2-7-19-29)40-36-27-15-12-24-33(36)30-20-8-3-9-21-30/h1-9,16-21,31-36H,10-15,22-27H2/t31-,32-,33-,34+,35+,36+/m0/s1. The predicted molar refractivity (Wildman–Crippen MR) is 163 cm³/mol. The number of hydrogen-bond donors (Lipinski definition) is 0. The Kier molecular flexibility index (Phi) is 9.70. The molecule has 3 aliphatic carbocycles. The van der Waals surface area contributed by atoms with E-state index in [1.54, 1.807) is 0 Å². The van der Waals surface area contributed by atoms with Gasteiger partial charge in [0, 0.05) is 17.8 Å². The van der Waals surface area contributed by atoms with Gasteiger partial charge in [-0.3, -0.25) is 0 Å². The molecule has 3 nitrogen and oxygen atoms in total. The van der Waals surface area contributed by atoms with E-state index in [1.165, 1.54) is 55.2 Å². The molecule has 3 aliphatic rings. The quantitative estimate of drug-likeness (QED) is 0.255. The largest absolute Gasteiger partial charge is 0.640 e. The summed E-state index contributed by atoms with van der Waals surface area (Å²) in [5.74, 6) is 1.16. The third-order valence-corrected chi connectivity index (χ3v) is 9.65. The molecule has 0 aromatic heterocycles. The summed E-state index contributed by atoms with van der Waals surface area (Å²) in [6, 6.07) is 32.9. The maximum atomic E-state index is 6.99. The Balaban J connectivity index is 1.25. The van der Waals surface area contributed by atoms with Gasteiger partial charge in [0.1, 0.15) is 0 Å². The van der Waals surface area contributed by atoms with Crippen molar-refractivity contribution in [3.8, 4) is 0 Å². The third kappa shape index (κ3) is 6.90. The summed E-state index contributed by atoms with van der Waals surface area (Å²) in [7, 11) is -0.641. The Morgan fingerprint density at radius 2 is 0.650 bits per heavy atom. The molecule has 0 amide bonds. The van der Waals surface area contributed by atoms with Crippen molar-refractivity contribution in [3.05, 3.63) is 108 Å². The number of hydrogen-bond acceptors (Lipinski definition) is 3. The van der Waals surface area contributed by atoms with Crippen LogP contribution in [0.3, 0.4) is 0 Å². The summed E-state index contributed by atoms with van der Waals surface area (Å²) in [6.07, 6.45) is 14.3. The molecular weight excluding hydrogens is 491 g/mol. The first kappa shape index (κ1) is 27.8. The maximum absolute atomic E-state index is 6.99. The van der Waals surface area contributed by atoms with E-state index in [0.717, 1.165) is 38.5 Å². The lowest BCUT2D eigenvalue weighted by molar-refractivity contribution is -0.0301. The molecule has 0 bridgehead atoms. The molecular formula is C36H45BO3. The van der Waals surface area contributed by atoms with Crippen LogP contribution in [0.2, 0.25) is 0 Å². The minimum Gasteiger partial charge on any atom is -0.382 e. The van der Waals surface area contributed by atoms with Crippen LogP contribution in [0.25, 0.3) is 0 Å². The molecule has 3 aromatic rings. The van der Waals surface area contributed by atoms with Crippen LogP contribution in [0, 0.1) is 0 Å². The molecule has 0 N–H and O–H groups in total. The summed E-state index contributed by atoms with van der Waals surface area (Å²) in [4.78, 5) is 0. The van der Waals surface area contributed by atoms with Gasteiger partial charge in [0.05, 0.1) is 18.3 Å². The van der Waals surface area contributed by atoms with Crippen LogP contribution < -0.4 is 0 Å². The second-order valence-electron chi connectivity index (χ2n) is 12.2. The molecule has 0 aliphatic heterocycles. The van der Waals surface area contributed by atoms with Crippen LogP contribution in [0.5, 0.6) is 0 Å². The smallest absolute Gasteiger partial charge is 0.382 e. The minimum atomic E-state index is -0.641. The highest BCUT2D eigenvalue weighted by Crippen LogP contribution is 2.40. The maximum Gasteiger partial charge on any atom is 0.640 e. The molecule has 210 valence electrons. The summed E-state index contributed by atoms with van der Waals surface area (Å²) in [5.41, 5.74) is 4.14. The molecule has 0 radical (unpaired) electrons. The van der Waals surface area contributed by atoms with Gasteiger partial charge in [0.2, 0.25) is 0 Å². The van der Waals surface area contributed by atoms with Gasteiger partial charge in [0.25, 0.3) is 0 Å². The van der Waals surface area contributed by atoms with Gasteiger partial charge in [-0.1, -0.05) is 130 Å². The van der Waals surface area contributed by atoms with E-state index >= 15 is 0 Å².